The lowest BCUT2D eigenvalue weighted by Crippen LogP contribution is -2.59. The molecule has 1 spiro atoms. The molecule has 2 aromatic rings. The fourth-order valence-electron chi connectivity index (χ4n) is 6.23. The maximum Gasteiger partial charge on any atom is 0.243 e. The summed E-state index contributed by atoms with van der Waals surface area (Å²) in [5.41, 5.74) is 1.79. The number of rotatable bonds is 3. The first-order chi connectivity index (χ1) is 17.0. The SMILES string of the molecule is C[C@@H]1CN(c2ncnc3c2C2(CCC2)CN3c2cncc(C#N)c2)CCN1C(=O)C1(C#N)CCC1. The van der Waals surface area contributed by atoms with Crippen molar-refractivity contribution in [3.05, 3.63) is 35.9 Å². The van der Waals surface area contributed by atoms with Crippen LogP contribution in [0.5, 0.6) is 0 Å². The van der Waals surface area contributed by atoms with E-state index in [4.69, 9.17) is 9.97 Å². The van der Waals surface area contributed by atoms with Crippen LogP contribution in [0, 0.1) is 28.1 Å². The predicted molar refractivity (Wildman–Crippen MR) is 129 cm³/mol. The summed E-state index contributed by atoms with van der Waals surface area (Å²) in [6.07, 6.45) is 10.6. The van der Waals surface area contributed by atoms with Crippen molar-refractivity contribution in [2.24, 2.45) is 5.41 Å². The summed E-state index contributed by atoms with van der Waals surface area (Å²) in [4.78, 5) is 33.3. The number of piperazine rings is 1. The minimum atomic E-state index is -0.810. The highest BCUT2D eigenvalue weighted by atomic mass is 16.2. The van der Waals surface area contributed by atoms with Gasteiger partial charge in [-0.1, -0.05) is 6.42 Å². The van der Waals surface area contributed by atoms with Crippen molar-refractivity contribution < 1.29 is 4.79 Å². The normalized spacial score (nSPS) is 23.6. The Kier molecular flexibility index (Phi) is 4.93. The molecule has 4 heterocycles. The first-order valence-corrected chi connectivity index (χ1v) is 12.5. The summed E-state index contributed by atoms with van der Waals surface area (Å²) < 4.78 is 0. The third kappa shape index (κ3) is 3.18. The molecule has 178 valence electrons. The van der Waals surface area contributed by atoms with Crippen LogP contribution >= 0.6 is 0 Å². The third-order valence-electron chi connectivity index (χ3n) is 8.55. The fourth-order valence-corrected chi connectivity index (χ4v) is 6.23. The van der Waals surface area contributed by atoms with Crippen molar-refractivity contribution in [3.63, 3.8) is 0 Å². The molecule has 0 N–H and O–H groups in total. The van der Waals surface area contributed by atoms with Gasteiger partial charge in [0.1, 0.15) is 29.4 Å². The number of pyridine rings is 1. The van der Waals surface area contributed by atoms with Gasteiger partial charge in [-0.05, 0) is 45.1 Å². The number of carbonyl (C=O) groups excluding carboxylic acids is 1. The highest BCUT2D eigenvalue weighted by molar-refractivity contribution is 5.87. The number of nitriles is 2. The fraction of sp³-hybridized carbons (Fsp3) is 0.538. The van der Waals surface area contributed by atoms with Crippen LogP contribution < -0.4 is 9.80 Å². The summed E-state index contributed by atoms with van der Waals surface area (Å²) in [5, 5.41) is 19.0. The van der Waals surface area contributed by atoms with E-state index in [0.717, 1.165) is 43.1 Å². The first-order valence-electron chi connectivity index (χ1n) is 12.5. The maximum atomic E-state index is 13.2. The lowest BCUT2D eigenvalue weighted by atomic mass is 9.66. The Morgan fingerprint density at radius 1 is 1.09 bits per heavy atom. The van der Waals surface area contributed by atoms with Crippen LogP contribution in [0.2, 0.25) is 0 Å². The van der Waals surface area contributed by atoms with Gasteiger partial charge in [-0.25, -0.2) is 9.97 Å². The minimum Gasteiger partial charge on any atom is -0.352 e. The summed E-state index contributed by atoms with van der Waals surface area (Å²) >= 11 is 0. The molecular formula is C26H28N8O. The summed E-state index contributed by atoms with van der Waals surface area (Å²) in [6, 6.07) is 6.36. The molecule has 2 aliphatic heterocycles. The van der Waals surface area contributed by atoms with E-state index in [-0.39, 0.29) is 17.4 Å². The molecule has 2 aromatic heterocycles. The maximum absolute atomic E-state index is 13.2. The molecule has 0 bridgehead atoms. The molecular weight excluding hydrogens is 440 g/mol. The molecule has 1 amide bonds. The van der Waals surface area contributed by atoms with E-state index in [9.17, 15) is 15.3 Å². The number of fused-ring (bicyclic) bond motifs is 2. The average molecular weight is 469 g/mol. The van der Waals surface area contributed by atoms with Crippen molar-refractivity contribution in [1.29, 1.82) is 10.5 Å². The highest BCUT2D eigenvalue weighted by Gasteiger charge is 2.52. The Hall–Kier alpha value is -3.72. The predicted octanol–water partition coefficient (Wildman–Crippen LogP) is 3.05. The van der Waals surface area contributed by atoms with Crippen LogP contribution in [0.4, 0.5) is 17.3 Å². The van der Waals surface area contributed by atoms with Gasteiger partial charge in [-0.15, -0.1) is 0 Å². The number of nitrogens with zero attached hydrogens (tertiary/aromatic N) is 8. The van der Waals surface area contributed by atoms with Gasteiger partial charge in [-0.3, -0.25) is 9.78 Å². The zero-order chi connectivity index (χ0) is 24.2. The van der Waals surface area contributed by atoms with Gasteiger partial charge in [0, 0.05) is 49.4 Å². The topological polar surface area (TPSA) is 113 Å². The summed E-state index contributed by atoms with van der Waals surface area (Å²) in [7, 11) is 0. The second kappa shape index (κ2) is 7.91. The Labute approximate surface area is 205 Å². The van der Waals surface area contributed by atoms with Crippen LogP contribution in [0.25, 0.3) is 0 Å². The molecule has 4 aliphatic rings. The Morgan fingerprint density at radius 2 is 1.86 bits per heavy atom. The van der Waals surface area contributed by atoms with Gasteiger partial charge < -0.3 is 14.7 Å². The monoisotopic (exact) mass is 468 g/mol. The number of carbonyl (C=O) groups is 1. The van der Waals surface area contributed by atoms with Gasteiger partial charge in [0.05, 0.1) is 23.5 Å². The van der Waals surface area contributed by atoms with Crippen molar-refractivity contribution in [2.75, 3.05) is 36.0 Å². The van der Waals surface area contributed by atoms with Crippen LogP contribution in [0.1, 0.15) is 56.6 Å². The zero-order valence-corrected chi connectivity index (χ0v) is 19.9. The van der Waals surface area contributed by atoms with Crippen LogP contribution in [0.3, 0.4) is 0 Å². The zero-order valence-electron chi connectivity index (χ0n) is 19.9. The quantitative estimate of drug-likeness (QED) is 0.675. The van der Waals surface area contributed by atoms with Gasteiger partial charge in [0.2, 0.25) is 5.91 Å². The molecule has 0 radical (unpaired) electrons. The lowest BCUT2D eigenvalue weighted by molar-refractivity contribution is -0.145. The molecule has 3 fully saturated rings. The second-order valence-corrected chi connectivity index (χ2v) is 10.5. The molecule has 0 unspecified atom stereocenters. The largest absolute Gasteiger partial charge is 0.352 e. The number of hydrogen-bond donors (Lipinski definition) is 0. The van der Waals surface area contributed by atoms with Crippen LogP contribution in [0.15, 0.2) is 24.8 Å². The van der Waals surface area contributed by atoms with E-state index in [2.05, 4.69) is 33.8 Å². The molecule has 0 aromatic carbocycles. The van der Waals surface area contributed by atoms with Crippen LogP contribution in [-0.4, -0.2) is 58.0 Å². The van der Waals surface area contributed by atoms with Gasteiger partial charge in [0.15, 0.2) is 0 Å². The molecule has 1 saturated heterocycles. The van der Waals surface area contributed by atoms with E-state index in [1.54, 1.807) is 18.7 Å². The molecule has 2 saturated carbocycles. The van der Waals surface area contributed by atoms with E-state index < -0.39 is 5.41 Å². The summed E-state index contributed by atoms with van der Waals surface area (Å²) in [5.74, 6) is 1.85. The molecule has 6 rings (SSSR count). The van der Waals surface area contributed by atoms with Gasteiger partial charge in [0.25, 0.3) is 0 Å². The van der Waals surface area contributed by atoms with Crippen LogP contribution in [-0.2, 0) is 10.2 Å². The molecule has 9 heteroatoms. The van der Waals surface area contributed by atoms with E-state index in [1.807, 2.05) is 11.0 Å². The standard InChI is InChI=1S/C26H28N8O/c1-18-14-32(8-9-33(18)24(35)25(15-28)4-2-5-25)22-21-23(31-17-30-22)34(16-26(21)6-3-7-26)20-10-19(11-27)12-29-13-20/h10,12-13,17-18H,2-9,14,16H2,1H3/t18-/m1/s1. The Balaban J connectivity index is 1.31. The first kappa shape index (κ1) is 21.8. The van der Waals surface area contributed by atoms with Crippen molar-refractivity contribution >= 4 is 23.2 Å². The van der Waals surface area contributed by atoms with Crippen molar-refractivity contribution in [2.45, 2.75) is 56.9 Å². The third-order valence-corrected chi connectivity index (χ3v) is 8.55. The Morgan fingerprint density at radius 3 is 2.49 bits per heavy atom. The van der Waals surface area contributed by atoms with E-state index in [0.29, 0.717) is 38.0 Å². The minimum absolute atomic E-state index is 0.000882. The van der Waals surface area contributed by atoms with E-state index in [1.165, 1.54) is 12.0 Å². The number of aromatic nitrogens is 3. The average Bonchev–Trinajstić information content (AvgIpc) is 3.20. The number of anilines is 3. The lowest BCUT2D eigenvalue weighted by Gasteiger charge is -2.46. The number of amides is 1. The van der Waals surface area contributed by atoms with Gasteiger partial charge >= 0.3 is 0 Å². The second-order valence-electron chi connectivity index (χ2n) is 10.5. The molecule has 2 aliphatic carbocycles. The van der Waals surface area contributed by atoms with E-state index >= 15 is 0 Å². The molecule has 1 atom stereocenters. The van der Waals surface area contributed by atoms with Gasteiger partial charge in [-0.2, -0.15) is 10.5 Å². The Bertz CT molecular complexity index is 1270. The smallest absolute Gasteiger partial charge is 0.243 e. The van der Waals surface area contributed by atoms with Crippen molar-refractivity contribution in [3.8, 4) is 12.1 Å². The number of hydrogen-bond acceptors (Lipinski definition) is 8. The van der Waals surface area contributed by atoms with Crippen molar-refractivity contribution in [1.82, 2.24) is 19.9 Å². The highest BCUT2D eigenvalue weighted by Crippen LogP contribution is 2.56. The molecule has 35 heavy (non-hydrogen) atoms. The molecule has 9 nitrogen and oxygen atoms in total. The summed E-state index contributed by atoms with van der Waals surface area (Å²) in [6.45, 7) is 4.83.